The van der Waals surface area contributed by atoms with Crippen molar-refractivity contribution in [1.82, 2.24) is 4.90 Å². The van der Waals surface area contributed by atoms with E-state index in [4.69, 9.17) is 17.3 Å². The fraction of sp³-hybridized carbons (Fsp3) is 0.500. The minimum Gasteiger partial charge on any atom is -0.338 e. The molecule has 0 aliphatic heterocycles. The summed E-state index contributed by atoms with van der Waals surface area (Å²) in [5.41, 5.74) is 6.15. The molecule has 2 rings (SSSR count). The van der Waals surface area contributed by atoms with Gasteiger partial charge in [-0.3, -0.25) is 4.79 Å². The van der Waals surface area contributed by atoms with Crippen LogP contribution in [-0.2, 0) is 0 Å². The Labute approximate surface area is 117 Å². The molecule has 0 spiro atoms. The first-order chi connectivity index (χ1) is 9.04. The maximum Gasteiger partial charge on any atom is 0.253 e. The standard InChI is InChI=1S/C14H18ClFN2O/c1-18(13-4-2-3-10(13)8-17)14(19)9-5-6-12(16)11(15)7-9/h5-7,10,13H,2-4,8,17H2,1H3. The lowest BCUT2D eigenvalue weighted by Crippen LogP contribution is -2.41. The average Bonchev–Trinajstić information content (AvgIpc) is 2.88. The summed E-state index contributed by atoms with van der Waals surface area (Å²) in [4.78, 5) is 14.1. The minimum atomic E-state index is -0.512. The van der Waals surface area contributed by atoms with Crippen LogP contribution in [0.15, 0.2) is 18.2 Å². The highest BCUT2D eigenvalue weighted by Gasteiger charge is 2.32. The molecular weight excluding hydrogens is 267 g/mol. The van der Waals surface area contributed by atoms with E-state index in [2.05, 4.69) is 0 Å². The second-order valence-electron chi connectivity index (χ2n) is 5.04. The Bertz CT molecular complexity index is 481. The molecule has 2 N–H and O–H groups in total. The van der Waals surface area contributed by atoms with Crippen molar-refractivity contribution in [2.45, 2.75) is 25.3 Å². The molecule has 0 aromatic heterocycles. The maximum atomic E-state index is 13.1. The van der Waals surface area contributed by atoms with Crippen LogP contribution in [0, 0.1) is 11.7 Å². The number of carbonyl (C=O) groups is 1. The zero-order valence-electron chi connectivity index (χ0n) is 10.9. The number of nitrogens with two attached hydrogens (primary N) is 1. The molecule has 2 unspecified atom stereocenters. The molecule has 0 radical (unpaired) electrons. The van der Waals surface area contributed by atoms with Gasteiger partial charge in [0.25, 0.3) is 5.91 Å². The highest BCUT2D eigenvalue weighted by molar-refractivity contribution is 6.31. The molecule has 1 aromatic rings. The normalized spacial score (nSPS) is 22.5. The summed E-state index contributed by atoms with van der Waals surface area (Å²) >= 11 is 5.71. The van der Waals surface area contributed by atoms with Gasteiger partial charge in [-0.15, -0.1) is 0 Å². The number of nitrogens with zero attached hydrogens (tertiary/aromatic N) is 1. The van der Waals surface area contributed by atoms with Gasteiger partial charge < -0.3 is 10.6 Å². The fourth-order valence-electron chi connectivity index (χ4n) is 2.79. The highest BCUT2D eigenvalue weighted by atomic mass is 35.5. The molecular formula is C14H18ClFN2O. The fourth-order valence-corrected chi connectivity index (χ4v) is 2.97. The van der Waals surface area contributed by atoms with E-state index < -0.39 is 5.82 Å². The van der Waals surface area contributed by atoms with Gasteiger partial charge in [0.2, 0.25) is 0 Å². The molecule has 5 heteroatoms. The number of carbonyl (C=O) groups excluding carboxylic acids is 1. The van der Waals surface area contributed by atoms with Crippen molar-refractivity contribution in [2.24, 2.45) is 11.7 Å². The van der Waals surface area contributed by atoms with Gasteiger partial charge in [-0.2, -0.15) is 0 Å². The third kappa shape index (κ3) is 2.90. The second-order valence-corrected chi connectivity index (χ2v) is 5.45. The van der Waals surface area contributed by atoms with Crippen LogP contribution in [0.2, 0.25) is 5.02 Å². The molecule has 1 aliphatic rings. The predicted octanol–water partition coefficient (Wildman–Crippen LogP) is 2.68. The van der Waals surface area contributed by atoms with Crippen molar-refractivity contribution < 1.29 is 9.18 Å². The summed E-state index contributed by atoms with van der Waals surface area (Å²) in [6.45, 7) is 0.590. The van der Waals surface area contributed by atoms with Crippen molar-refractivity contribution in [1.29, 1.82) is 0 Å². The first-order valence-electron chi connectivity index (χ1n) is 6.47. The third-order valence-corrected chi connectivity index (χ3v) is 4.20. The van der Waals surface area contributed by atoms with Crippen LogP contribution in [0.1, 0.15) is 29.6 Å². The molecule has 19 heavy (non-hydrogen) atoms. The molecule has 0 saturated heterocycles. The lowest BCUT2D eigenvalue weighted by Gasteiger charge is -2.29. The largest absolute Gasteiger partial charge is 0.338 e. The van der Waals surface area contributed by atoms with Crippen LogP contribution < -0.4 is 5.73 Å². The summed E-state index contributed by atoms with van der Waals surface area (Å²) in [5.74, 6) is -0.293. The molecule has 3 nitrogen and oxygen atoms in total. The van der Waals surface area contributed by atoms with E-state index in [0.717, 1.165) is 19.3 Å². The van der Waals surface area contributed by atoms with Gasteiger partial charge in [0.1, 0.15) is 5.82 Å². The zero-order valence-corrected chi connectivity index (χ0v) is 11.7. The molecule has 1 saturated carbocycles. The van der Waals surface area contributed by atoms with Gasteiger partial charge in [-0.05, 0) is 43.5 Å². The van der Waals surface area contributed by atoms with Crippen LogP contribution in [0.3, 0.4) is 0 Å². The van der Waals surface area contributed by atoms with Crippen LogP contribution in [0.5, 0.6) is 0 Å². The van der Waals surface area contributed by atoms with Gasteiger partial charge in [-0.25, -0.2) is 4.39 Å². The number of amides is 1. The van der Waals surface area contributed by atoms with Crippen molar-refractivity contribution in [3.8, 4) is 0 Å². The summed E-state index contributed by atoms with van der Waals surface area (Å²) in [7, 11) is 1.78. The Morgan fingerprint density at radius 1 is 1.53 bits per heavy atom. The van der Waals surface area contributed by atoms with Crippen molar-refractivity contribution in [2.75, 3.05) is 13.6 Å². The van der Waals surface area contributed by atoms with Gasteiger partial charge in [-0.1, -0.05) is 18.0 Å². The lowest BCUT2D eigenvalue weighted by molar-refractivity contribution is 0.0700. The zero-order chi connectivity index (χ0) is 14.0. The average molecular weight is 285 g/mol. The van der Waals surface area contributed by atoms with Crippen molar-refractivity contribution >= 4 is 17.5 Å². The number of halogens is 2. The molecule has 0 bridgehead atoms. The summed E-state index contributed by atoms with van der Waals surface area (Å²) in [6.07, 6.45) is 3.12. The van der Waals surface area contributed by atoms with E-state index in [1.165, 1.54) is 18.2 Å². The number of rotatable bonds is 3. The number of hydrogen-bond acceptors (Lipinski definition) is 2. The quantitative estimate of drug-likeness (QED) is 0.927. The highest BCUT2D eigenvalue weighted by Crippen LogP contribution is 2.29. The molecule has 2 atom stereocenters. The molecule has 1 aromatic carbocycles. The van der Waals surface area contributed by atoms with E-state index in [1.54, 1.807) is 11.9 Å². The predicted molar refractivity (Wildman–Crippen MR) is 73.7 cm³/mol. The van der Waals surface area contributed by atoms with Crippen LogP contribution in [-0.4, -0.2) is 30.4 Å². The molecule has 1 amide bonds. The molecule has 1 fully saturated rings. The molecule has 104 valence electrons. The van der Waals surface area contributed by atoms with E-state index >= 15 is 0 Å². The Hall–Kier alpha value is -1.13. The summed E-state index contributed by atoms with van der Waals surface area (Å²) < 4.78 is 13.1. The third-order valence-electron chi connectivity index (χ3n) is 3.91. The van der Waals surface area contributed by atoms with Crippen molar-refractivity contribution in [3.63, 3.8) is 0 Å². The van der Waals surface area contributed by atoms with Crippen molar-refractivity contribution in [3.05, 3.63) is 34.6 Å². The Morgan fingerprint density at radius 2 is 2.26 bits per heavy atom. The van der Waals surface area contributed by atoms with Gasteiger partial charge >= 0.3 is 0 Å². The van der Waals surface area contributed by atoms with E-state index in [9.17, 15) is 9.18 Å². The van der Waals surface area contributed by atoms with Crippen LogP contribution in [0.4, 0.5) is 4.39 Å². The second kappa shape index (κ2) is 5.88. The lowest BCUT2D eigenvalue weighted by atomic mass is 10.0. The summed E-state index contributed by atoms with van der Waals surface area (Å²) in [5, 5.41) is -0.0268. The SMILES string of the molecule is CN(C(=O)c1ccc(F)c(Cl)c1)C1CCCC1CN. The van der Waals surface area contributed by atoms with Gasteiger partial charge in [0.15, 0.2) is 0 Å². The van der Waals surface area contributed by atoms with Gasteiger partial charge in [0.05, 0.1) is 5.02 Å². The van der Waals surface area contributed by atoms with Gasteiger partial charge in [0, 0.05) is 18.7 Å². The first-order valence-corrected chi connectivity index (χ1v) is 6.84. The smallest absolute Gasteiger partial charge is 0.253 e. The monoisotopic (exact) mass is 284 g/mol. The van der Waals surface area contributed by atoms with E-state index in [-0.39, 0.29) is 17.0 Å². The van der Waals surface area contributed by atoms with Crippen LogP contribution in [0.25, 0.3) is 0 Å². The minimum absolute atomic E-state index is 0.0268. The maximum absolute atomic E-state index is 13.1. The number of hydrogen-bond donors (Lipinski definition) is 1. The Morgan fingerprint density at radius 3 is 2.89 bits per heavy atom. The summed E-state index contributed by atoms with van der Waals surface area (Å²) in [6, 6.07) is 4.23. The Kier molecular flexibility index (Phi) is 4.42. The topological polar surface area (TPSA) is 46.3 Å². The van der Waals surface area contributed by atoms with Crippen LogP contribution >= 0.6 is 11.6 Å². The number of benzene rings is 1. The Balaban J connectivity index is 2.16. The van der Waals surface area contributed by atoms with E-state index in [0.29, 0.717) is 18.0 Å². The first kappa shape index (κ1) is 14.3. The molecule has 1 aliphatic carbocycles. The molecule has 0 heterocycles. The van der Waals surface area contributed by atoms with E-state index in [1.807, 2.05) is 0 Å².